The second kappa shape index (κ2) is 3.85. The molecule has 0 aromatic carbocycles. The van der Waals surface area contributed by atoms with E-state index in [1.165, 1.54) is 0 Å². The van der Waals surface area contributed by atoms with Gasteiger partial charge in [-0.3, -0.25) is 4.79 Å². The number of carboxylic acids is 1. The topological polar surface area (TPSA) is 55.1 Å². The standard InChI is InChI=1S/C10H13ClN2O2/c1-6-12-10(11)9-7(5-8(14)15)3-2-4-13(6)9/h7H,2-5H2,1H3,(H,14,15). The molecular weight excluding hydrogens is 216 g/mol. The Bertz CT molecular complexity index is 400. The maximum Gasteiger partial charge on any atom is 0.304 e. The van der Waals surface area contributed by atoms with Gasteiger partial charge in [-0.05, 0) is 19.8 Å². The van der Waals surface area contributed by atoms with Crippen LogP contribution in [-0.2, 0) is 11.3 Å². The normalized spacial score (nSPS) is 20.0. The van der Waals surface area contributed by atoms with Crippen molar-refractivity contribution in [1.82, 2.24) is 9.55 Å². The van der Waals surface area contributed by atoms with Crippen LogP contribution in [0.15, 0.2) is 0 Å². The third-order valence-electron chi connectivity index (χ3n) is 2.89. The Morgan fingerprint density at radius 1 is 1.73 bits per heavy atom. The van der Waals surface area contributed by atoms with Crippen molar-refractivity contribution in [1.29, 1.82) is 0 Å². The average molecular weight is 229 g/mol. The molecule has 1 atom stereocenters. The van der Waals surface area contributed by atoms with Crippen LogP contribution in [-0.4, -0.2) is 20.6 Å². The van der Waals surface area contributed by atoms with E-state index in [0.29, 0.717) is 5.15 Å². The van der Waals surface area contributed by atoms with Crippen molar-refractivity contribution in [3.05, 3.63) is 16.7 Å². The van der Waals surface area contributed by atoms with Gasteiger partial charge < -0.3 is 9.67 Å². The first kappa shape index (κ1) is 10.5. The number of rotatable bonds is 2. The lowest BCUT2D eigenvalue weighted by atomic mass is 9.93. The van der Waals surface area contributed by atoms with Gasteiger partial charge in [-0.15, -0.1) is 0 Å². The third kappa shape index (κ3) is 1.86. The summed E-state index contributed by atoms with van der Waals surface area (Å²) in [6.07, 6.45) is 2.03. The molecule has 4 nitrogen and oxygen atoms in total. The van der Waals surface area contributed by atoms with Crippen molar-refractivity contribution in [2.75, 3.05) is 0 Å². The minimum absolute atomic E-state index is 0.0185. The van der Waals surface area contributed by atoms with Gasteiger partial charge in [0.25, 0.3) is 0 Å². The fourth-order valence-corrected chi connectivity index (χ4v) is 2.64. The molecule has 1 aromatic heterocycles. The zero-order valence-corrected chi connectivity index (χ0v) is 9.29. The lowest BCUT2D eigenvalue weighted by Crippen LogP contribution is -2.18. The molecule has 0 radical (unpaired) electrons. The molecule has 1 aliphatic rings. The van der Waals surface area contributed by atoms with Gasteiger partial charge in [0.2, 0.25) is 0 Å². The van der Waals surface area contributed by atoms with E-state index in [1.54, 1.807) is 0 Å². The Morgan fingerprint density at radius 2 is 2.47 bits per heavy atom. The fourth-order valence-electron chi connectivity index (χ4n) is 2.26. The van der Waals surface area contributed by atoms with Crippen molar-refractivity contribution < 1.29 is 9.90 Å². The van der Waals surface area contributed by atoms with Gasteiger partial charge in [-0.1, -0.05) is 11.6 Å². The molecule has 1 unspecified atom stereocenters. The zero-order valence-electron chi connectivity index (χ0n) is 8.53. The molecule has 15 heavy (non-hydrogen) atoms. The Balaban J connectivity index is 2.37. The predicted molar refractivity (Wildman–Crippen MR) is 56.2 cm³/mol. The number of aryl methyl sites for hydroxylation is 1. The van der Waals surface area contributed by atoms with Crippen LogP contribution in [0.4, 0.5) is 0 Å². The van der Waals surface area contributed by atoms with Gasteiger partial charge in [0, 0.05) is 12.5 Å². The van der Waals surface area contributed by atoms with E-state index >= 15 is 0 Å². The summed E-state index contributed by atoms with van der Waals surface area (Å²) in [5, 5.41) is 9.29. The number of hydrogen-bond acceptors (Lipinski definition) is 2. The van der Waals surface area contributed by atoms with Crippen LogP contribution in [0.5, 0.6) is 0 Å². The number of nitrogens with zero attached hydrogens (tertiary/aromatic N) is 2. The lowest BCUT2D eigenvalue weighted by Gasteiger charge is -2.23. The number of hydrogen-bond donors (Lipinski definition) is 1. The SMILES string of the molecule is Cc1nc(Cl)c2n1CCCC2CC(=O)O. The van der Waals surface area contributed by atoms with Crippen LogP contribution >= 0.6 is 11.6 Å². The molecule has 1 aromatic rings. The highest BCUT2D eigenvalue weighted by Crippen LogP contribution is 2.35. The molecular formula is C10H13ClN2O2. The maximum absolute atomic E-state index is 10.7. The smallest absolute Gasteiger partial charge is 0.304 e. The molecule has 1 N–H and O–H groups in total. The summed E-state index contributed by atoms with van der Waals surface area (Å²) in [6, 6.07) is 0. The van der Waals surface area contributed by atoms with E-state index in [2.05, 4.69) is 4.98 Å². The summed E-state index contributed by atoms with van der Waals surface area (Å²) in [5.74, 6) is 0.124. The fraction of sp³-hybridized carbons (Fsp3) is 0.600. The first-order valence-corrected chi connectivity index (χ1v) is 5.41. The summed E-state index contributed by atoms with van der Waals surface area (Å²) in [4.78, 5) is 14.9. The zero-order chi connectivity index (χ0) is 11.0. The second-order valence-electron chi connectivity index (χ2n) is 3.92. The number of halogens is 1. The van der Waals surface area contributed by atoms with E-state index in [4.69, 9.17) is 16.7 Å². The molecule has 5 heteroatoms. The van der Waals surface area contributed by atoms with E-state index < -0.39 is 5.97 Å². The van der Waals surface area contributed by atoms with Gasteiger partial charge in [0.15, 0.2) is 5.15 Å². The minimum atomic E-state index is -0.775. The summed E-state index contributed by atoms with van der Waals surface area (Å²) in [7, 11) is 0. The molecule has 0 saturated carbocycles. The molecule has 82 valence electrons. The van der Waals surface area contributed by atoms with Crippen molar-refractivity contribution in [3.8, 4) is 0 Å². The Kier molecular flexibility index (Phi) is 2.69. The average Bonchev–Trinajstić information content (AvgIpc) is 2.43. The van der Waals surface area contributed by atoms with Crippen LogP contribution in [0, 0.1) is 6.92 Å². The number of carboxylic acid groups (broad SMARTS) is 1. The number of imidazole rings is 1. The van der Waals surface area contributed by atoms with Crippen molar-refractivity contribution in [2.24, 2.45) is 0 Å². The summed E-state index contributed by atoms with van der Waals surface area (Å²) < 4.78 is 2.04. The number of fused-ring (bicyclic) bond motifs is 1. The first-order valence-electron chi connectivity index (χ1n) is 5.04. The van der Waals surface area contributed by atoms with E-state index in [0.717, 1.165) is 30.9 Å². The highest BCUT2D eigenvalue weighted by Gasteiger charge is 2.27. The monoisotopic (exact) mass is 228 g/mol. The Hall–Kier alpha value is -1.03. The molecule has 2 heterocycles. The van der Waals surface area contributed by atoms with Crippen LogP contribution in [0.25, 0.3) is 0 Å². The largest absolute Gasteiger partial charge is 0.481 e. The molecule has 2 rings (SSSR count). The van der Waals surface area contributed by atoms with Gasteiger partial charge in [0.05, 0.1) is 12.1 Å². The molecule has 0 amide bonds. The van der Waals surface area contributed by atoms with Gasteiger partial charge in [-0.25, -0.2) is 4.98 Å². The van der Waals surface area contributed by atoms with Gasteiger partial charge >= 0.3 is 5.97 Å². The second-order valence-corrected chi connectivity index (χ2v) is 4.28. The Morgan fingerprint density at radius 3 is 3.13 bits per heavy atom. The predicted octanol–water partition coefficient (Wildman–Crippen LogP) is 2.20. The number of carbonyl (C=O) groups is 1. The van der Waals surface area contributed by atoms with Gasteiger partial charge in [-0.2, -0.15) is 0 Å². The molecule has 0 spiro atoms. The highest BCUT2D eigenvalue weighted by atomic mass is 35.5. The van der Waals surface area contributed by atoms with Crippen LogP contribution in [0.3, 0.4) is 0 Å². The molecule has 0 bridgehead atoms. The van der Waals surface area contributed by atoms with E-state index in [9.17, 15) is 4.79 Å². The molecule has 0 saturated heterocycles. The Labute approximate surface area is 92.9 Å². The quantitative estimate of drug-likeness (QED) is 0.844. The third-order valence-corrected chi connectivity index (χ3v) is 3.17. The molecule has 0 fully saturated rings. The highest BCUT2D eigenvalue weighted by molar-refractivity contribution is 6.30. The minimum Gasteiger partial charge on any atom is -0.481 e. The van der Waals surface area contributed by atoms with Crippen LogP contribution < -0.4 is 0 Å². The van der Waals surface area contributed by atoms with Crippen molar-refractivity contribution >= 4 is 17.6 Å². The molecule has 0 aliphatic carbocycles. The maximum atomic E-state index is 10.7. The molecule has 1 aliphatic heterocycles. The van der Waals surface area contributed by atoms with Crippen LogP contribution in [0.1, 0.15) is 36.7 Å². The summed E-state index contributed by atoms with van der Waals surface area (Å²) >= 11 is 6.02. The first-order chi connectivity index (χ1) is 7.09. The number of aromatic nitrogens is 2. The van der Waals surface area contributed by atoms with E-state index in [-0.39, 0.29) is 12.3 Å². The van der Waals surface area contributed by atoms with Gasteiger partial charge in [0.1, 0.15) is 5.82 Å². The summed E-state index contributed by atoms with van der Waals surface area (Å²) in [6.45, 7) is 2.80. The van der Waals surface area contributed by atoms with Crippen LogP contribution in [0.2, 0.25) is 5.15 Å². The summed E-state index contributed by atoms with van der Waals surface area (Å²) in [5.41, 5.74) is 0.905. The lowest BCUT2D eigenvalue weighted by molar-refractivity contribution is -0.137. The number of aliphatic carboxylic acids is 1. The van der Waals surface area contributed by atoms with Crippen molar-refractivity contribution in [3.63, 3.8) is 0 Å². The van der Waals surface area contributed by atoms with Crippen molar-refractivity contribution in [2.45, 2.75) is 38.6 Å². The van der Waals surface area contributed by atoms with E-state index in [1.807, 2.05) is 11.5 Å².